The molecule has 31 heavy (non-hydrogen) atoms. The Morgan fingerprint density at radius 3 is 2.68 bits per heavy atom. The summed E-state index contributed by atoms with van der Waals surface area (Å²) in [4.78, 5) is 19.7. The lowest BCUT2D eigenvalue weighted by Gasteiger charge is -2.15. The lowest BCUT2D eigenvalue weighted by molar-refractivity contribution is 0.102. The molecule has 1 aliphatic heterocycles. The second kappa shape index (κ2) is 8.32. The van der Waals surface area contributed by atoms with Crippen LogP contribution in [0.4, 0.5) is 5.82 Å². The number of pyridine rings is 1. The molecule has 5 rings (SSSR count). The van der Waals surface area contributed by atoms with E-state index < -0.39 is 0 Å². The van der Waals surface area contributed by atoms with Crippen molar-refractivity contribution in [1.29, 1.82) is 0 Å². The van der Waals surface area contributed by atoms with Crippen LogP contribution in [0.2, 0.25) is 0 Å². The van der Waals surface area contributed by atoms with Gasteiger partial charge >= 0.3 is 0 Å². The maximum absolute atomic E-state index is 12.9. The minimum Gasteiger partial charge on any atom is -0.307 e. The number of aromatic nitrogens is 3. The predicted octanol–water partition coefficient (Wildman–Crippen LogP) is 4.48. The molecule has 1 amide bonds. The van der Waals surface area contributed by atoms with Crippen LogP contribution < -0.4 is 5.32 Å². The number of benzene rings is 2. The van der Waals surface area contributed by atoms with E-state index in [0.717, 1.165) is 41.5 Å². The van der Waals surface area contributed by atoms with Crippen LogP contribution in [0.5, 0.6) is 0 Å². The Labute approximate surface area is 181 Å². The second-order valence-electron chi connectivity index (χ2n) is 8.17. The number of anilines is 1. The highest BCUT2D eigenvalue weighted by Crippen LogP contribution is 2.25. The van der Waals surface area contributed by atoms with E-state index >= 15 is 0 Å². The van der Waals surface area contributed by atoms with Crippen molar-refractivity contribution in [3.05, 3.63) is 78.2 Å². The highest BCUT2D eigenvalue weighted by Gasteiger charge is 2.13. The predicted molar refractivity (Wildman–Crippen MR) is 123 cm³/mol. The molecule has 0 atom stereocenters. The summed E-state index contributed by atoms with van der Waals surface area (Å²) >= 11 is 0. The number of rotatable bonds is 5. The molecule has 0 radical (unpaired) electrons. The fraction of sp³-hybridized carbons (Fsp3) is 0.240. The number of carbonyl (C=O) groups excluding carboxylic acids is 1. The largest absolute Gasteiger partial charge is 0.307 e. The Morgan fingerprint density at radius 2 is 1.87 bits per heavy atom. The molecule has 6 nitrogen and oxygen atoms in total. The van der Waals surface area contributed by atoms with Gasteiger partial charge in [0.2, 0.25) is 0 Å². The van der Waals surface area contributed by atoms with Gasteiger partial charge in [-0.1, -0.05) is 24.3 Å². The summed E-state index contributed by atoms with van der Waals surface area (Å²) in [6.07, 6.45) is 8.15. The van der Waals surface area contributed by atoms with Crippen molar-refractivity contribution in [2.24, 2.45) is 7.05 Å². The third-order valence-corrected chi connectivity index (χ3v) is 5.80. The molecule has 1 saturated heterocycles. The minimum absolute atomic E-state index is 0.140. The van der Waals surface area contributed by atoms with Gasteiger partial charge in [0.15, 0.2) is 0 Å². The highest BCUT2D eigenvalue weighted by atomic mass is 16.1. The first kappa shape index (κ1) is 19.5. The molecule has 156 valence electrons. The Kier molecular flexibility index (Phi) is 5.22. The summed E-state index contributed by atoms with van der Waals surface area (Å²) < 4.78 is 1.79. The van der Waals surface area contributed by atoms with Crippen LogP contribution in [-0.2, 0) is 13.6 Å². The number of aryl methyl sites for hydroxylation is 1. The molecular weight excluding hydrogens is 386 g/mol. The van der Waals surface area contributed by atoms with Crippen molar-refractivity contribution < 1.29 is 4.79 Å². The van der Waals surface area contributed by atoms with E-state index in [1.165, 1.54) is 18.4 Å². The van der Waals surface area contributed by atoms with Crippen LogP contribution in [0.3, 0.4) is 0 Å². The van der Waals surface area contributed by atoms with Gasteiger partial charge in [-0.15, -0.1) is 0 Å². The summed E-state index contributed by atoms with van der Waals surface area (Å²) in [6, 6.07) is 16.0. The van der Waals surface area contributed by atoms with Crippen LogP contribution >= 0.6 is 0 Å². The van der Waals surface area contributed by atoms with Crippen molar-refractivity contribution in [2.45, 2.75) is 19.4 Å². The van der Waals surface area contributed by atoms with E-state index in [0.29, 0.717) is 11.4 Å². The minimum atomic E-state index is -0.140. The summed E-state index contributed by atoms with van der Waals surface area (Å²) in [5.41, 5.74) is 3.96. The molecule has 1 fully saturated rings. The molecule has 0 spiro atoms. The average molecular weight is 412 g/mol. The zero-order valence-electron chi connectivity index (χ0n) is 17.6. The Morgan fingerprint density at radius 1 is 1.00 bits per heavy atom. The van der Waals surface area contributed by atoms with Crippen LogP contribution in [0.15, 0.2) is 67.1 Å². The number of hydrogen-bond acceptors (Lipinski definition) is 4. The summed E-state index contributed by atoms with van der Waals surface area (Å²) in [5.74, 6) is 0.407. The zero-order chi connectivity index (χ0) is 21.2. The average Bonchev–Trinajstić information content (AvgIpc) is 3.45. The smallest absolute Gasteiger partial charge is 0.256 e. The standard InChI is InChI=1S/C25H25N5O/c1-29-17-23(15-27-29)19-7-8-21-14-26-24(13-22(21)12-19)28-25(31)20-6-4-5-18(11-20)16-30-9-2-3-10-30/h4-8,11-15,17H,2-3,9-10,16H2,1H3,(H,26,28,31). The summed E-state index contributed by atoms with van der Waals surface area (Å²) in [5, 5.41) is 9.25. The lowest BCUT2D eigenvalue weighted by atomic mass is 10.0. The first-order valence-corrected chi connectivity index (χ1v) is 10.7. The molecule has 0 aliphatic carbocycles. The van der Waals surface area contributed by atoms with Crippen molar-refractivity contribution >= 4 is 22.5 Å². The van der Waals surface area contributed by atoms with Gasteiger partial charge in [0.1, 0.15) is 5.82 Å². The number of likely N-dealkylation sites (tertiary alicyclic amines) is 1. The Hall–Kier alpha value is -3.51. The number of hydrogen-bond donors (Lipinski definition) is 1. The molecule has 1 aliphatic rings. The fourth-order valence-electron chi connectivity index (χ4n) is 4.16. The highest BCUT2D eigenvalue weighted by molar-refractivity contribution is 6.04. The Balaban J connectivity index is 1.35. The molecule has 2 aromatic heterocycles. The number of fused-ring (bicyclic) bond motifs is 1. The topological polar surface area (TPSA) is 63.1 Å². The maximum atomic E-state index is 12.9. The molecule has 0 saturated carbocycles. The van der Waals surface area contributed by atoms with Gasteiger partial charge in [0.25, 0.3) is 5.91 Å². The lowest BCUT2D eigenvalue weighted by Crippen LogP contribution is -2.19. The SMILES string of the molecule is Cn1cc(-c2ccc3cnc(NC(=O)c4cccc(CN5CCCC5)c4)cc3c2)cn1. The number of nitrogens with zero attached hydrogens (tertiary/aromatic N) is 4. The Bertz CT molecular complexity index is 1240. The van der Waals surface area contributed by atoms with Gasteiger partial charge in [0.05, 0.1) is 6.20 Å². The van der Waals surface area contributed by atoms with Gasteiger partial charge in [-0.25, -0.2) is 4.98 Å². The van der Waals surface area contributed by atoms with Gasteiger partial charge in [-0.2, -0.15) is 5.10 Å². The molecule has 3 heterocycles. The van der Waals surface area contributed by atoms with Crippen molar-refractivity contribution in [3.8, 4) is 11.1 Å². The summed E-state index contributed by atoms with van der Waals surface area (Å²) in [6.45, 7) is 3.17. The first-order valence-electron chi connectivity index (χ1n) is 10.7. The van der Waals surface area contributed by atoms with Gasteiger partial charge in [0, 0.05) is 42.5 Å². The van der Waals surface area contributed by atoms with E-state index in [-0.39, 0.29) is 5.91 Å². The summed E-state index contributed by atoms with van der Waals surface area (Å²) in [7, 11) is 1.90. The molecule has 0 unspecified atom stereocenters. The van der Waals surface area contributed by atoms with Crippen molar-refractivity contribution in [3.63, 3.8) is 0 Å². The van der Waals surface area contributed by atoms with E-state index in [4.69, 9.17) is 0 Å². The monoisotopic (exact) mass is 411 g/mol. The molecule has 1 N–H and O–H groups in total. The first-order chi connectivity index (χ1) is 15.1. The number of nitrogens with one attached hydrogen (secondary N) is 1. The number of carbonyl (C=O) groups is 1. The van der Waals surface area contributed by atoms with Crippen LogP contribution in [-0.4, -0.2) is 38.7 Å². The van der Waals surface area contributed by atoms with Crippen molar-refractivity contribution in [2.75, 3.05) is 18.4 Å². The fourth-order valence-corrected chi connectivity index (χ4v) is 4.16. The van der Waals surface area contributed by atoms with Crippen LogP contribution in [0.25, 0.3) is 21.9 Å². The van der Waals surface area contributed by atoms with E-state index in [9.17, 15) is 4.79 Å². The second-order valence-corrected chi connectivity index (χ2v) is 8.17. The number of amides is 1. The quantitative estimate of drug-likeness (QED) is 0.526. The zero-order valence-corrected chi connectivity index (χ0v) is 17.6. The van der Waals surface area contributed by atoms with E-state index in [2.05, 4.69) is 38.5 Å². The third-order valence-electron chi connectivity index (χ3n) is 5.80. The molecule has 6 heteroatoms. The molecule has 2 aromatic carbocycles. The molecule has 4 aromatic rings. The third kappa shape index (κ3) is 4.34. The van der Waals surface area contributed by atoms with Gasteiger partial charge < -0.3 is 5.32 Å². The normalized spacial score (nSPS) is 14.2. The van der Waals surface area contributed by atoms with E-state index in [1.807, 2.05) is 49.8 Å². The molecule has 0 bridgehead atoms. The van der Waals surface area contributed by atoms with Gasteiger partial charge in [-0.3, -0.25) is 14.4 Å². The van der Waals surface area contributed by atoms with Crippen LogP contribution in [0, 0.1) is 0 Å². The molecular formula is C25H25N5O. The van der Waals surface area contributed by atoms with Gasteiger partial charge in [-0.05, 0) is 66.7 Å². The van der Waals surface area contributed by atoms with Crippen molar-refractivity contribution in [1.82, 2.24) is 19.7 Å². The van der Waals surface area contributed by atoms with E-state index in [1.54, 1.807) is 10.9 Å². The maximum Gasteiger partial charge on any atom is 0.256 e. The van der Waals surface area contributed by atoms with Crippen LogP contribution in [0.1, 0.15) is 28.8 Å².